The summed E-state index contributed by atoms with van der Waals surface area (Å²) in [4.78, 5) is 37.9. The lowest BCUT2D eigenvalue weighted by atomic mass is 10.3. The molecule has 0 aliphatic carbocycles. The summed E-state index contributed by atoms with van der Waals surface area (Å²) >= 11 is 1.26. The van der Waals surface area contributed by atoms with E-state index in [1.165, 1.54) is 15.9 Å². The number of methoxy groups -OCH3 is 1. The van der Waals surface area contributed by atoms with Crippen molar-refractivity contribution in [3.8, 4) is 5.69 Å². The molecule has 0 spiro atoms. The van der Waals surface area contributed by atoms with Crippen LogP contribution in [0.4, 0.5) is 0 Å². The molecule has 26 heavy (non-hydrogen) atoms. The van der Waals surface area contributed by atoms with Gasteiger partial charge in [0.25, 0.3) is 5.56 Å². The Morgan fingerprint density at radius 2 is 1.96 bits per heavy atom. The van der Waals surface area contributed by atoms with Gasteiger partial charge in [0.2, 0.25) is 5.91 Å². The summed E-state index contributed by atoms with van der Waals surface area (Å²) in [7, 11) is 1.60. The summed E-state index contributed by atoms with van der Waals surface area (Å²) in [6.45, 7) is 0.868. The van der Waals surface area contributed by atoms with Gasteiger partial charge in [-0.05, 0) is 30.0 Å². The molecule has 0 saturated carbocycles. The van der Waals surface area contributed by atoms with Gasteiger partial charge in [0, 0.05) is 20.3 Å². The van der Waals surface area contributed by atoms with E-state index in [0.717, 1.165) is 4.57 Å². The molecule has 136 valence electrons. The van der Waals surface area contributed by atoms with Crippen molar-refractivity contribution in [2.24, 2.45) is 0 Å². The number of benzene rings is 1. The summed E-state index contributed by atoms with van der Waals surface area (Å²) in [5, 5.41) is 4.51. The normalized spacial score (nSPS) is 11.0. The topological polar surface area (TPSA) is 82.3 Å². The molecular weight excluding hydrogens is 354 g/mol. The fraction of sp³-hybridized carbons (Fsp3) is 0.278. The maximum Gasteiger partial charge on any atom is 0.336 e. The summed E-state index contributed by atoms with van der Waals surface area (Å²) in [5.41, 5.74) is 0.0540. The van der Waals surface area contributed by atoms with Crippen LogP contribution in [0.5, 0.6) is 0 Å². The third-order valence-corrected chi connectivity index (χ3v) is 4.81. The van der Waals surface area contributed by atoms with E-state index in [4.69, 9.17) is 4.74 Å². The molecule has 0 fully saturated rings. The van der Waals surface area contributed by atoms with Gasteiger partial charge >= 0.3 is 5.69 Å². The number of ether oxygens (including phenoxy) is 1. The largest absolute Gasteiger partial charge is 0.385 e. The summed E-state index contributed by atoms with van der Waals surface area (Å²) < 4.78 is 7.84. The van der Waals surface area contributed by atoms with E-state index < -0.39 is 5.69 Å². The van der Waals surface area contributed by atoms with Crippen LogP contribution in [0.1, 0.15) is 6.42 Å². The standard InChI is InChI=1S/C18H19N3O4S/c1-25-10-5-9-19-15(22)12-20-14-8-11-26-16(14)17(23)21(18(20)24)13-6-3-2-4-7-13/h2-4,6-8,11H,5,9-10,12H2,1H3,(H,19,22). The maximum atomic E-state index is 12.9. The fourth-order valence-electron chi connectivity index (χ4n) is 2.69. The molecular formula is C18H19N3O4S. The minimum absolute atomic E-state index is 0.147. The van der Waals surface area contributed by atoms with Crippen LogP contribution in [-0.2, 0) is 16.1 Å². The second kappa shape index (κ2) is 8.11. The molecule has 2 aromatic heterocycles. The van der Waals surface area contributed by atoms with E-state index in [2.05, 4.69) is 5.32 Å². The van der Waals surface area contributed by atoms with Crippen LogP contribution in [-0.4, -0.2) is 35.3 Å². The van der Waals surface area contributed by atoms with Crippen molar-refractivity contribution in [3.05, 3.63) is 62.6 Å². The lowest BCUT2D eigenvalue weighted by molar-refractivity contribution is -0.121. The molecule has 2 heterocycles. The highest BCUT2D eigenvalue weighted by molar-refractivity contribution is 7.17. The third kappa shape index (κ3) is 3.61. The van der Waals surface area contributed by atoms with Gasteiger partial charge in [-0.2, -0.15) is 0 Å². The molecule has 8 heteroatoms. The van der Waals surface area contributed by atoms with Crippen molar-refractivity contribution >= 4 is 27.5 Å². The van der Waals surface area contributed by atoms with Crippen molar-refractivity contribution in [1.29, 1.82) is 0 Å². The number of hydrogen-bond donors (Lipinski definition) is 1. The molecule has 0 radical (unpaired) electrons. The summed E-state index contributed by atoms with van der Waals surface area (Å²) in [5.74, 6) is -0.283. The SMILES string of the molecule is COCCCNC(=O)Cn1c(=O)n(-c2ccccc2)c(=O)c2sccc21. The number of amides is 1. The number of aromatic nitrogens is 2. The number of fused-ring (bicyclic) bond motifs is 1. The molecule has 1 aromatic carbocycles. The number of nitrogens with one attached hydrogen (secondary N) is 1. The van der Waals surface area contributed by atoms with Gasteiger partial charge in [0.05, 0.1) is 11.2 Å². The van der Waals surface area contributed by atoms with Gasteiger partial charge in [0.15, 0.2) is 0 Å². The van der Waals surface area contributed by atoms with Gasteiger partial charge < -0.3 is 10.1 Å². The Morgan fingerprint density at radius 3 is 2.69 bits per heavy atom. The van der Waals surface area contributed by atoms with Crippen LogP contribution in [0.3, 0.4) is 0 Å². The van der Waals surface area contributed by atoms with Crippen molar-refractivity contribution < 1.29 is 9.53 Å². The zero-order chi connectivity index (χ0) is 18.5. The molecule has 1 N–H and O–H groups in total. The van der Waals surface area contributed by atoms with Gasteiger partial charge in [-0.1, -0.05) is 18.2 Å². The van der Waals surface area contributed by atoms with E-state index in [-0.39, 0.29) is 18.0 Å². The van der Waals surface area contributed by atoms with Crippen LogP contribution >= 0.6 is 11.3 Å². The first-order valence-corrected chi connectivity index (χ1v) is 9.05. The molecule has 3 rings (SSSR count). The van der Waals surface area contributed by atoms with Crippen molar-refractivity contribution in [3.63, 3.8) is 0 Å². The van der Waals surface area contributed by atoms with Crippen LogP contribution in [0.2, 0.25) is 0 Å². The van der Waals surface area contributed by atoms with Crippen molar-refractivity contribution in [1.82, 2.24) is 14.5 Å². The molecule has 0 unspecified atom stereocenters. The van der Waals surface area contributed by atoms with E-state index in [9.17, 15) is 14.4 Å². The molecule has 0 aliphatic rings. The molecule has 3 aromatic rings. The van der Waals surface area contributed by atoms with Gasteiger partial charge in [0.1, 0.15) is 11.2 Å². The number of carbonyl (C=O) groups is 1. The van der Waals surface area contributed by atoms with E-state index in [0.29, 0.717) is 35.5 Å². The number of rotatable bonds is 7. The van der Waals surface area contributed by atoms with Crippen molar-refractivity contribution in [2.45, 2.75) is 13.0 Å². The second-order valence-electron chi connectivity index (χ2n) is 5.68. The maximum absolute atomic E-state index is 12.9. The van der Waals surface area contributed by atoms with Crippen LogP contribution in [0.25, 0.3) is 15.9 Å². The summed E-state index contributed by atoms with van der Waals surface area (Å²) in [6.07, 6.45) is 0.689. The Balaban J connectivity index is 2.00. The Bertz CT molecular complexity index is 1020. The lowest BCUT2D eigenvalue weighted by Gasteiger charge is -2.12. The fourth-order valence-corrected chi connectivity index (χ4v) is 3.51. The Kier molecular flexibility index (Phi) is 5.65. The Hall–Kier alpha value is -2.71. The van der Waals surface area contributed by atoms with Crippen LogP contribution in [0, 0.1) is 0 Å². The molecule has 1 amide bonds. The predicted octanol–water partition coefficient (Wildman–Crippen LogP) is 1.37. The molecule has 7 nitrogen and oxygen atoms in total. The lowest BCUT2D eigenvalue weighted by Crippen LogP contribution is -2.41. The first-order valence-electron chi connectivity index (χ1n) is 8.17. The van der Waals surface area contributed by atoms with Crippen LogP contribution < -0.4 is 16.6 Å². The quantitative estimate of drug-likeness (QED) is 0.634. The Morgan fingerprint density at radius 1 is 1.19 bits per heavy atom. The molecule has 0 aliphatic heterocycles. The summed E-state index contributed by atoms with van der Waals surface area (Å²) in [6, 6.07) is 10.4. The zero-order valence-electron chi connectivity index (χ0n) is 14.3. The zero-order valence-corrected chi connectivity index (χ0v) is 15.1. The van der Waals surface area contributed by atoms with Crippen molar-refractivity contribution in [2.75, 3.05) is 20.3 Å². The molecule has 0 bridgehead atoms. The average molecular weight is 373 g/mol. The van der Waals surface area contributed by atoms with Crippen LogP contribution in [0.15, 0.2) is 51.4 Å². The smallest absolute Gasteiger partial charge is 0.336 e. The van der Waals surface area contributed by atoms with Gasteiger partial charge in [-0.3, -0.25) is 14.2 Å². The number of thiophene rings is 1. The number of carbonyl (C=O) groups excluding carboxylic acids is 1. The molecule has 0 atom stereocenters. The third-order valence-electron chi connectivity index (χ3n) is 3.92. The Labute approximate surface area is 153 Å². The second-order valence-corrected chi connectivity index (χ2v) is 6.59. The van der Waals surface area contributed by atoms with Gasteiger partial charge in [-0.15, -0.1) is 11.3 Å². The van der Waals surface area contributed by atoms with E-state index in [1.54, 1.807) is 42.8 Å². The number of nitrogens with zero attached hydrogens (tertiary/aromatic N) is 2. The monoisotopic (exact) mass is 373 g/mol. The minimum atomic E-state index is -0.529. The average Bonchev–Trinajstić information content (AvgIpc) is 3.13. The van der Waals surface area contributed by atoms with E-state index in [1.807, 2.05) is 6.07 Å². The molecule has 0 saturated heterocycles. The highest BCUT2D eigenvalue weighted by Crippen LogP contribution is 2.16. The highest BCUT2D eigenvalue weighted by atomic mass is 32.1. The van der Waals surface area contributed by atoms with Gasteiger partial charge in [-0.25, -0.2) is 9.36 Å². The first-order chi connectivity index (χ1) is 12.6. The van der Waals surface area contributed by atoms with E-state index >= 15 is 0 Å². The highest BCUT2D eigenvalue weighted by Gasteiger charge is 2.17. The number of para-hydroxylation sites is 1. The first kappa shape index (κ1) is 18.1. The predicted molar refractivity (Wildman–Crippen MR) is 101 cm³/mol. The minimum Gasteiger partial charge on any atom is -0.385 e. The number of hydrogen-bond acceptors (Lipinski definition) is 5.